The van der Waals surface area contributed by atoms with Crippen LogP contribution in [0.5, 0.6) is 0 Å². The van der Waals surface area contributed by atoms with Crippen LogP contribution in [-0.4, -0.2) is 22.6 Å². The fourth-order valence-electron chi connectivity index (χ4n) is 2.09. The third-order valence-corrected chi connectivity index (χ3v) is 4.72. The molecule has 3 aromatic rings. The van der Waals surface area contributed by atoms with Crippen molar-refractivity contribution in [2.75, 3.05) is 5.88 Å². The van der Waals surface area contributed by atoms with Gasteiger partial charge < -0.3 is 4.29 Å². The molecule has 23 heavy (non-hydrogen) atoms. The van der Waals surface area contributed by atoms with Crippen molar-refractivity contribution in [2.24, 2.45) is 0 Å². The molecule has 0 radical (unpaired) electrons. The molecule has 0 saturated heterocycles. The Kier molecular flexibility index (Phi) is 4.61. The molecule has 7 heteroatoms. The molecule has 0 amide bonds. The summed E-state index contributed by atoms with van der Waals surface area (Å²) in [6.07, 6.45) is 0. The van der Waals surface area contributed by atoms with E-state index < -0.39 is 5.97 Å². The highest BCUT2D eigenvalue weighted by Crippen LogP contribution is 2.31. The summed E-state index contributed by atoms with van der Waals surface area (Å²) in [4.78, 5) is 27.5. The standard InChI is InChI=1S/C16H9Cl2NO3S/c17-8-13(20)11-5-6-12-14(7-11)23-15(19-12)9-1-3-10(4-2-9)16(21)22-18/h1-7H,8H2. The van der Waals surface area contributed by atoms with Gasteiger partial charge in [0.05, 0.1) is 21.7 Å². The molecule has 0 unspecified atom stereocenters. The summed E-state index contributed by atoms with van der Waals surface area (Å²) in [5, 5.41) is 0.793. The van der Waals surface area contributed by atoms with Crippen molar-refractivity contribution < 1.29 is 13.9 Å². The van der Waals surface area contributed by atoms with Crippen LogP contribution in [0.25, 0.3) is 20.8 Å². The van der Waals surface area contributed by atoms with Crippen LogP contribution in [0.2, 0.25) is 0 Å². The van der Waals surface area contributed by atoms with E-state index in [9.17, 15) is 9.59 Å². The summed E-state index contributed by atoms with van der Waals surface area (Å²) in [6, 6.07) is 12.1. The van der Waals surface area contributed by atoms with Crippen LogP contribution < -0.4 is 0 Å². The molecule has 0 N–H and O–H groups in total. The molecule has 0 atom stereocenters. The monoisotopic (exact) mass is 365 g/mol. The van der Waals surface area contributed by atoms with Gasteiger partial charge in [0.25, 0.3) is 0 Å². The van der Waals surface area contributed by atoms with Gasteiger partial charge in [0.1, 0.15) is 16.9 Å². The van der Waals surface area contributed by atoms with Gasteiger partial charge in [-0.15, -0.1) is 22.9 Å². The van der Waals surface area contributed by atoms with E-state index >= 15 is 0 Å². The largest absolute Gasteiger partial charge is 0.356 e. The lowest BCUT2D eigenvalue weighted by molar-refractivity contribution is 0.0751. The fraction of sp³-hybridized carbons (Fsp3) is 0.0625. The smallest absolute Gasteiger partial charge is 0.343 e. The number of hydrogen-bond acceptors (Lipinski definition) is 5. The Morgan fingerprint density at radius 3 is 2.43 bits per heavy atom. The van der Waals surface area contributed by atoms with E-state index in [1.807, 2.05) is 0 Å². The number of benzene rings is 2. The number of carbonyl (C=O) groups excluding carboxylic acids is 2. The lowest BCUT2D eigenvalue weighted by atomic mass is 10.1. The minimum absolute atomic E-state index is 0.0463. The van der Waals surface area contributed by atoms with Gasteiger partial charge in [0, 0.05) is 11.1 Å². The predicted octanol–water partition coefficient (Wildman–Crippen LogP) is 4.70. The molecule has 4 nitrogen and oxygen atoms in total. The SMILES string of the molecule is O=C(CCl)c1ccc2nc(-c3ccc(C(=O)OCl)cc3)sc2c1. The van der Waals surface area contributed by atoms with E-state index in [-0.39, 0.29) is 11.7 Å². The van der Waals surface area contributed by atoms with Crippen LogP contribution in [0, 0.1) is 0 Å². The van der Waals surface area contributed by atoms with E-state index in [1.54, 1.807) is 42.5 Å². The molecule has 0 fully saturated rings. The first-order valence-electron chi connectivity index (χ1n) is 6.55. The number of halogens is 2. The van der Waals surface area contributed by atoms with Gasteiger partial charge in [-0.05, 0) is 30.3 Å². The average molecular weight is 366 g/mol. The molecule has 2 aromatic carbocycles. The van der Waals surface area contributed by atoms with Gasteiger partial charge in [-0.2, -0.15) is 0 Å². The summed E-state index contributed by atoms with van der Waals surface area (Å²) in [6.45, 7) is 0. The van der Waals surface area contributed by atoms with Crippen LogP contribution in [0.4, 0.5) is 0 Å². The van der Waals surface area contributed by atoms with Crippen molar-refractivity contribution in [1.29, 1.82) is 0 Å². The van der Waals surface area contributed by atoms with Gasteiger partial charge in [0.2, 0.25) is 0 Å². The zero-order chi connectivity index (χ0) is 16.4. The van der Waals surface area contributed by atoms with Crippen molar-refractivity contribution in [2.45, 2.75) is 0 Å². The highest BCUT2D eigenvalue weighted by molar-refractivity contribution is 7.21. The Bertz CT molecular complexity index is 890. The van der Waals surface area contributed by atoms with Crippen molar-refractivity contribution >= 4 is 56.8 Å². The third kappa shape index (κ3) is 3.22. The maximum absolute atomic E-state index is 11.7. The van der Waals surface area contributed by atoms with Gasteiger partial charge in [0.15, 0.2) is 5.78 Å². The van der Waals surface area contributed by atoms with Crippen LogP contribution in [0.1, 0.15) is 20.7 Å². The molecule has 1 heterocycles. The van der Waals surface area contributed by atoms with E-state index in [2.05, 4.69) is 9.27 Å². The summed E-state index contributed by atoms with van der Waals surface area (Å²) < 4.78 is 5.06. The van der Waals surface area contributed by atoms with Gasteiger partial charge in [-0.3, -0.25) is 4.79 Å². The topological polar surface area (TPSA) is 56.3 Å². The minimum atomic E-state index is -0.605. The van der Waals surface area contributed by atoms with Gasteiger partial charge >= 0.3 is 5.97 Å². The third-order valence-electron chi connectivity index (χ3n) is 3.27. The molecule has 116 valence electrons. The summed E-state index contributed by atoms with van der Waals surface area (Å²) in [5.74, 6) is -0.769. The second-order valence-corrected chi connectivity index (χ2v) is 6.15. The fourth-order valence-corrected chi connectivity index (χ4v) is 3.35. The number of ketones is 1. The van der Waals surface area contributed by atoms with E-state index in [0.29, 0.717) is 11.1 Å². The zero-order valence-electron chi connectivity index (χ0n) is 11.6. The minimum Gasteiger partial charge on any atom is -0.343 e. The molecular weight excluding hydrogens is 357 g/mol. The molecule has 0 saturated carbocycles. The number of thiazole rings is 1. The van der Waals surface area contributed by atoms with Crippen LogP contribution in [0.3, 0.4) is 0 Å². The Hall–Kier alpha value is -1.95. The average Bonchev–Trinajstić information content (AvgIpc) is 3.03. The van der Waals surface area contributed by atoms with E-state index in [4.69, 9.17) is 23.5 Å². The summed E-state index contributed by atoms with van der Waals surface area (Å²) >= 11 is 12.1. The Labute approximate surface area is 145 Å². The summed E-state index contributed by atoms with van der Waals surface area (Å²) in [5.41, 5.74) is 2.60. The number of nitrogens with zero attached hydrogens (tertiary/aromatic N) is 1. The number of rotatable bonds is 4. The second-order valence-electron chi connectivity index (χ2n) is 4.70. The Morgan fingerprint density at radius 1 is 1.09 bits per heavy atom. The lowest BCUT2D eigenvalue weighted by Gasteiger charge is -1.98. The normalized spacial score (nSPS) is 10.7. The first kappa shape index (κ1) is 15.9. The van der Waals surface area contributed by atoms with E-state index in [0.717, 1.165) is 20.8 Å². The molecule has 0 aliphatic rings. The molecule has 3 rings (SSSR count). The Morgan fingerprint density at radius 2 is 1.78 bits per heavy atom. The molecular formula is C16H9Cl2NO3S. The van der Waals surface area contributed by atoms with Gasteiger partial charge in [-0.25, -0.2) is 9.78 Å². The van der Waals surface area contributed by atoms with Crippen LogP contribution in [0.15, 0.2) is 42.5 Å². The predicted molar refractivity (Wildman–Crippen MR) is 91.4 cm³/mol. The maximum Gasteiger partial charge on any atom is 0.356 e. The number of hydrogen-bond donors (Lipinski definition) is 0. The number of aromatic nitrogens is 1. The number of carbonyl (C=O) groups is 2. The van der Waals surface area contributed by atoms with Crippen LogP contribution >= 0.6 is 34.8 Å². The first-order chi connectivity index (χ1) is 11.1. The van der Waals surface area contributed by atoms with Crippen molar-refractivity contribution in [3.8, 4) is 10.6 Å². The van der Waals surface area contributed by atoms with Gasteiger partial charge in [-0.1, -0.05) is 12.1 Å². The van der Waals surface area contributed by atoms with E-state index in [1.165, 1.54) is 11.3 Å². The number of Topliss-reactive ketones (excluding diaryl/α,β-unsaturated/α-hetero) is 1. The second kappa shape index (κ2) is 6.66. The number of alkyl halides is 1. The maximum atomic E-state index is 11.7. The quantitative estimate of drug-likeness (QED) is 0.496. The molecule has 0 aliphatic carbocycles. The Balaban J connectivity index is 1.97. The molecule has 0 bridgehead atoms. The first-order valence-corrected chi connectivity index (χ1v) is 8.21. The van der Waals surface area contributed by atoms with Crippen LogP contribution in [-0.2, 0) is 4.29 Å². The lowest BCUT2D eigenvalue weighted by Crippen LogP contribution is -1.98. The summed E-state index contributed by atoms with van der Waals surface area (Å²) in [7, 11) is 0. The molecule has 1 aromatic heterocycles. The highest BCUT2D eigenvalue weighted by Gasteiger charge is 2.11. The molecule has 0 aliphatic heterocycles. The van der Waals surface area contributed by atoms with Crippen molar-refractivity contribution in [3.63, 3.8) is 0 Å². The zero-order valence-corrected chi connectivity index (χ0v) is 13.9. The molecule has 0 spiro atoms. The number of fused-ring (bicyclic) bond motifs is 1. The van der Waals surface area contributed by atoms with Crippen molar-refractivity contribution in [1.82, 2.24) is 4.98 Å². The van der Waals surface area contributed by atoms with Crippen molar-refractivity contribution in [3.05, 3.63) is 53.6 Å². The highest BCUT2D eigenvalue weighted by atomic mass is 35.5.